The van der Waals surface area contributed by atoms with Crippen molar-refractivity contribution in [2.75, 3.05) is 18.5 Å². The summed E-state index contributed by atoms with van der Waals surface area (Å²) in [5.74, 6) is -3.78. The van der Waals surface area contributed by atoms with Crippen LogP contribution in [-0.2, 0) is 6.18 Å². The van der Waals surface area contributed by atoms with Gasteiger partial charge < -0.3 is 0 Å². The number of hydrogen-bond donors (Lipinski definition) is 2. The van der Waals surface area contributed by atoms with Gasteiger partial charge in [-0.2, -0.15) is 0 Å². The maximum absolute atomic E-state index is 13.5. The van der Waals surface area contributed by atoms with Gasteiger partial charge in [-0.25, -0.2) is 0 Å². The number of alkyl halides is 5. The summed E-state index contributed by atoms with van der Waals surface area (Å²) >= 11 is -2.78. The second-order valence-electron chi connectivity index (χ2n) is 8.00. The number of benzene rings is 1. The van der Waals surface area contributed by atoms with E-state index in [4.69, 9.17) is 0 Å². The summed E-state index contributed by atoms with van der Waals surface area (Å²) < 4.78 is 80.0. The van der Waals surface area contributed by atoms with Gasteiger partial charge in [0.25, 0.3) is 0 Å². The summed E-state index contributed by atoms with van der Waals surface area (Å²) in [5.41, 5.74) is -0.869. The SMILES string of the molecule is CN1[C@H](CCC(C)(F)F)CN(C2CCCC2)c2cc(C(F)(F)F)c(O)cc2[Se]1O. The maximum atomic E-state index is 13.5. The third kappa shape index (κ3) is 4.98. The predicted octanol–water partition coefficient (Wildman–Crippen LogP) is 3.60. The van der Waals surface area contributed by atoms with Gasteiger partial charge in [-0.3, -0.25) is 0 Å². The first-order chi connectivity index (χ1) is 13.4. The van der Waals surface area contributed by atoms with Crippen molar-refractivity contribution in [3.8, 4) is 5.75 Å². The third-order valence-electron chi connectivity index (χ3n) is 5.77. The number of anilines is 1. The second-order valence-corrected chi connectivity index (χ2v) is 11.2. The van der Waals surface area contributed by atoms with E-state index in [1.807, 2.05) is 4.90 Å². The Hall–Kier alpha value is -1.09. The molecule has 4 nitrogen and oxygen atoms in total. The van der Waals surface area contributed by atoms with Crippen LogP contribution in [0, 0.1) is 0 Å². The molecule has 1 aliphatic heterocycles. The number of likely N-dealkylation sites (N-methyl/N-ethyl adjacent to an activating group) is 1. The molecule has 0 bridgehead atoms. The van der Waals surface area contributed by atoms with E-state index in [0.29, 0.717) is 0 Å². The average Bonchev–Trinajstić information content (AvgIpc) is 3.10. The summed E-state index contributed by atoms with van der Waals surface area (Å²) in [4.78, 5) is 1.85. The second kappa shape index (κ2) is 8.21. The van der Waals surface area contributed by atoms with Crippen LogP contribution in [0.2, 0.25) is 0 Å². The van der Waals surface area contributed by atoms with Crippen LogP contribution in [0.1, 0.15) is 51.0 Å². The topological polar surface area (TPSA) is 46.9 Å². The molecule has 1 heterocycles. The zero-order valence-electron chi connectivity index (χ0n) is 16.3. The average molecular weight is 488 g/mol. The van der Waals surface area contributed by atoms with Gasteiger partial charge in [0.05, 0.1) is 0 Å². The molecular formula is C19H26F5N2O2Se. The van der Waals surface area contributed by atoms with Crippen LogP contribution in [0.5, 0.6) is 5.75 Å². The Morgan fingerprint density at radius 3 is 2.31 bits per heavy atom. The third-order valence-corrected chi connectivity index (χ3v) is 9.05. The molecule has 2 N–H and O–H groups in total. The minimum absolute atomic E-state index is 0.00527. The fraction of sp³-hybridized carbons (Fsp3) is 0.684. The van der Waals surface area contributed by atoms with Crippen molar-refractivity contribution in [3.63, 3.8) is 0 Å². The molecule has 29 heavy (non-hydrogen) atoms. The van der Waals surface area contributed by atoms with Gasteiger partial charge in [-0.1, -0.05) is 0 Å². The standard InChI is InChI=1S/C19H26F5N2O2Se/c1-18(20,21)8-7-13-11-26(12-5-3-4-6-12)15-9-14(19(22,23)24)16(27)10-17(15)29(28)25(13)2/h9-10,12-13,27-28H,3-8,11H2,1-2H3/t13-/m1/s1. The Balaban J connectivity index is 2.05. The van der Waals surface area contributed by atoms with E-state index in [2.05, 4.69) is 0 Å². The van der Waals surface area contributed by atoms with Gasteiger partial charge in [0.1, 0.15) is 0 Å². The molecule has 1 aliphatic carbocycles. The number of halogens is 5. The molecule has 3 rings (SSSR count). The fourth-order valence-electron chi connectivity index (χ4n) is 4.15. The molecule has 1 saturated carbocycles. The van der Waals surface area contributed by atoms with E-state index < -0.39 is 43.9 Å². The Bertz CT molecular complexity index is 735. The van der Waals surface area contributed by atoms with Crippen molar-refractivity contribution < 1.29 is 31.2 Å². The minimum atomic E-state index is -4.73. The summed E-state index contributed by atoms with van der Waals surface area (Å²) in [6.45, 7) is 1.11. The van der Waals surface area contributed by atoms with Crippen molar-refractivity contribution >= 4 is 24.6 Å². The van der Waals surface area contributed by atoms with Crippen LogP contribution in [0.4, 0.5) is 27.6 Å². The van der Waals surface area contributed by atoms with Crippen LogP contribution in [0.15, 0.2) is 12.1 Å². The molecule has 1 aromatic rings. The molecular weight excluding hydrogens is 462 g/mol. The van der Waals surface area contributed by atoms with Crippen LogP contribution < -0.4 is 9.36 Å². The van der Waals surface area contributed by atoms with Crippen LogP contribution >= 0.6 is 0 Å². The van der Waals surface area contributed by atoms with Gasteiger partial charge >= 0.3 is 171 Å². The van der Waals surface area contributed by atoms with E-state index in [1.54, 1.807) is 11.0 Å². The number of fused-ring (bicyclic) bond motifs is 1. The number of phenolic OH excluding ortho intramolecular Hbond substituents is 1. The van der Waals surface area contributed by atoms with Gasteiger partial charge in [0, 0.05) is 0 Å². The summed E-state index contributed by atoms with van der Waals surface area (Å²) in [6.07, 6.45) is -1.46. The number of phenols is 1. The molecule has 1 atom stereocenters. The predicted molar refractivity (Wildman–Crippen MR) is 102 cm³/mol. The van der Waals surface area contributed by atoms with Crippen molar-refractivity contribution in [2.45, 2.75) is 69.6 Å². The molecule has 1 aromatic carbocycles. The molecule has 1 radical (unpaired) electrons. The van der Waals surface area contributed by atoms with Gasteiger partial charge in [-0.15, -0.1) is 0 Å². The number of rotatable bonds is 4. The first-order valence-electron chi connectivity index (χ1n) is 9.63. The summed E-state index contributed by atoms with van der Waals surface area (Å²) in [5, 5.41) is 9.98. The Morgan fingerprint density at radius 1 is 1.14 bits per heavy atom. The molecule has 0 aromatic heterocycles. The van der Waals surface area contributed by atoms with Crippen LogP contribution in [0.3, 0.4) is 0 Å². The Labute approximate surface area is 171 Å². The van der Waals surface area contributed by atoms with Gasteiger partial charge in [0.15, 0.2) is 0 Å². The van der Waals surface area contributed by atoms with E-state index in [9.17, 15) is 31.2 Å². The van der Waals surface area contributed by atoms with Crippen LogP contribution in [-0.4, -0.2) is 59.3 Å². The number of aromatic hydroxyl groups is 1. The summed E-state index contributed by atoms with van der Waals surface area (Å²) in [6, 6.07) is 1.51. The van der Waals surface area contributed by atoms with Crippen molar-refractivity contribution in [1.82, 2.24) is 3.92 Å². The molecule has 10 heteroatoms. The number of hydrogen-bond acceptors (Lipinski definition) is 4. The van der Waals surface area contributed by atoms with Gasteiger partial charge in [0.2, 0.25) is 0 Å². The van der Waals surface area contributed by atoms with Crippen molar-refractivity contribution in [2.24, 2.45) is 0 Å². The Morgan fingerprint density at radius 2 is 1.76 bits per heavy atom. The molecule has 0 unspecified atom stereocenters. The first-order valence-corrected chi connectivity index (χ1v) is 12.0. The monoisotopic (exact) mass is 489 g/mol. The summed E-state index contributed by atoms with van der Waals surface area (Å²) in [7, 11) is 1.62. The zero-order chi connectivity index (χ0) is 21.6. The molecule has 0 amide bonds. The molecule has 1 fully saturated rings. The van der Waals surface area contributed by atoms with Gasteiger partial charge in [-0.05, 0) is 0 Å². The number of nitrogens with zero attached hydrogens (tertiary/aromatic N) is 2. The zero-order valence-corrected chi connectivity index (χ0v) is 18.1. The fourth-order valence-corrected chi connectivity index (χ4v) is 6.97. The molecule has 2 aliphatic rings. The van der Waals surface area contributed by atoms with E-state index in [0.717, 1.165) is 44.7 Å². The van der Waals surface area contributed by atoms with E-state index in [-0.39, 0.29) is 35.6 Å². The Kier molecular flexibility index (Phi) is 6.40. The van der Waals surface area contributed by atoms with Crippen molar-refractivity contribution in [3.05, 3.63) is 17.7 Å². The van der Waals surface area contributed by atoms with Crippen LogP contribution in [0.25, 0.3) is 0 Å². The normalized spacial score (nSPS) is 22.8. The molecule has 165 valence electrons. The van der Waals surface area contributed by atoms with E-state index >= 15 is 0 Å². The molecule has 0 spiro atoms. The molecule has 0 saturated heterocycles. The quantitative estimate of drug-likeness (QED) is 0.503. The van der Waals surface area contributed by atoms with Crippen molar-refractivity contribution in [1.29, 1.82) is 0 Å². The first kappa shape index (κ1) is 22.6. The van der Waals surface area contributed by atoms with E-state index in [1.165, 1.54) is 0 Å².